The van der Waals surface area contributed by atoms with Crippen LogP contribution in [0.3, 0.4) is 0 Å². The monoisotopic (exact) mass is 226 g/mol. The number of hydrogen-bond donors (Lipinski definition) is 1. The molecule has 16 heavy (non-hydrogen) atoms. The fraction of sp³-hybridized carbons (Fsp3) is 1.00. The summed E-state index contributed by atoms with van der Waals surface area (Å²) in [6.45, 7) is 9.00. The quantitative estimate of drug-likeness (QED) is 0.660. The lowest BCUT2D eigenvalue weighted by Gasteiger charge is -2.17. The highest BCUT2D eigenvalue weighted by Crippen LogP contribution is 2.37. The minimum absolute atomic E-state index is 0.758. The van der Waals surface area contributed by atoms with Gasteiger partial charge < -0.3 is 15.0 Å². The molecule has 0 bridgehead atoms. The van der Waals surface area contributed by atoms with E-state index in [0.717, 1.165) is 44.1 Å². The predicted octanol–water partition coefficient (Wildman–Crippen LogP) is 1.20. The second-order valence-electron chi connectivity index (χ2n) is 5.67. The second-order valence-corrected chi connectivity index (χ2v) is 5.67. The molecule has 2 aliphatic rings. The van der Waals surface area contributed by atoms with E-state index in [0.29, 0.717) is 0 Å². The molecule has 94 valence electrons. The van der Waals surface area contributed by atoms with Crippen molar-refractivity contribution in [2.45, 2.75) is 19.8 Å². The summed E-state index contributed by atoms with van der Waals surface area (Å²) in [5.41, 5.74) is 0. The average Bonchev–Trinajstić information content (AvgIpc) is 2.78. The molecule has 0 aromatic rings. The van der Waals surface area contributed by atoms with Gasteiger partial charge in [-0.05, 0) is 37.6 Å². The normalized spacial score (nSPS) is 33.6. The Morgan fingerprint density at radius 1 is 1.44 bits per heavy atom. The Hall–Kier alpha value is -0.120. The second kappa shape index (κ2) is 5.99. The van der Waals surface area contributed by atoms with Crippen LogP contribution in [0, 0.1) is 17.8 Å². The van der Waals surface area contributed by atoms with Gasteiger partial charge in [-0.3, -0.25) is 0 Å². The summed E-state index contributed by atoms with van der Waals surface area (Å²) in [6, 6.07) is 0. The summed E-state index contributed by atoms with van der Waals surface area (Å²) in [5.74, 6) is 2.72. The zero-order valence-corrected chi connectivity index (χ0v) is 10.7. The molecule has 1 aliphatic heterocycles. The van der Waals surface area contributed by atoms with Gasteiger partial charge in [-0.15, -0.1) is 0 Å². The molecule has 3 nitrogen and oxygen atoms in total. The van der Waals surface area contributed by atoms with Gasteiger partial charge >= 0.3 is 0 Å². The van der Waals surface area contributed by atoms with E-state index in [1.54, 1.807) is 0 Å². The first kappa shape index (κ1) is 12.3. The third kappa shape index (κ3) is 4.04. The number of likely N-dealkylation sites (N-methyl/N-ethyl adjacent to an activating group) is 1. The lowest BCUT2D eigenvalue weighted by Crippen LogP contribution is -2.33. The lowest BCUT2D eigenvalue weighted by molar-refractivity contribution is 0.185. The summed E-state index contributed by atoms with van der Waals surface area (Å²) in [7, 11) is 2.24. The van der Waals surface area contributed by atoms with Crippen LogP contribution in [0.4, 0.5) is 0 Å². The molecule has 3 heteroatoms. The highest BCUT2D eigenvalue weighted by Gasteiger charge is 2.32. The summed E-state index contributed by atoms with van der Waals surface area (Å²) in [4.78, 5) is 2.46. The molecule has 3 unspecified atom stereocenters. The number of rotatable bonds is 7. The van der Waals surface area contributed by atoms with Crippen LogP contribution >= 0.6 is 0 Å². The van der Waals surface area contributed by atoms with Crippen molar-refractivity contribution < 1.29 is 4.74 Å². The number of nitrogens with one attached hydrogen (secondary N) is 1. The van der Waals surface area contributed by atoms with Gasteiger partial charge in [0.05, 0.1) is 6.61 Å². The minimum Gasteiger partial charge on any atom is -0.381 e. The maximum absolute atomic E-state index is 5.36. The molecule has 2 rings (SSSR count). The van der Waals surface area contributed by atoms with E-state index < -0.39 is 0 Å². The highest BCUT2D eigenvalue weighted by atomic mass is 16.5. The van der Waals surface area contributed by atoms with Crippen LogP contribution in [0.15, 0.2) is 0 Å². The Labute approximate surface area is 99.5 Å². The zero-order chi connectivity index (χ0) is 11.4. The third-order valence-corrected chi connectivity index (χ3v) is 3.95. The van der Waals surface area contributed by atoms with Crippen LogP contribution in [0.2, 0.25) is 0 Å². The van der Waals surface area contributed by atoms with Gasteiger partial charge in [-0.1, -0.05) is 6.92 Å². The number of hydrogen-bond acceptors (Lipinski definition) is 3. The van der Waals surface area contributed by atoms with Crippen LogP contribution in [0.5, 0.6) is 0 Å². The van der Waals surface area contributed by atoms with E-state index in [2.05, 4.69) is 24.2 Å². The van der Waals surface area contributed by atoms with E-state index in [-0.39, 0.29) is 0 Å². The molecule has 0 aromatic heterocycles. The summed E-state index contributed by atoms with van der Waals surface area (Å²) < 4.78 is 5.36. The van der Waals surface area contributed by atoms with Crippen LogP contribution in [-0.2, 0) is 4.74 Å². The largest absolute Gasteiger partial charge is 0.381 e. The first-order valence-electron chi connectivity index (χ1n) is 6.72. The molecule has 0 spiro atoms. The van der Waals surface area contributed by atoms with Crippen molar-refractivity contribution in [3.63, 3.8) is 0 Å². The summed E-state index contributed by atoms with van der Waals surface area (Å²) in [6.07, 6.45) is 2.68. The molecule has 1 saturated heterocycles. The van der Waals surface area contributed by atoms with E-state index in [9.17, 15) is 0 Å². The lowest BCUT2D eigenvalue weighted by atomic mass is 10.1. The Kier molecular flexibility index (Phi) is 4.62. The van der Waals surface area contributed by atoms with Crippen LogP contribution in [0.1, 0.15) is 19.8 Å². The maximum atomic E-state index is 5.36. The van der Waals surface area contributed by atoms with Crippen molar-refractivity contribution in [2.75, 3.05) is 46.4 Å². The number of ether oxygens (including phenoxy) is 1. The predicted molar refractivity (Wildman–Crippen MR) is 66.6 cm³/mol. The van der Waals surface area contributed by atoms with Gasteiger partial charge in [0.25, 0.3) is 0 Å². The molecule has 1 aliphatic carbocycles. The SMILES string of the molecule is CC1CC1CN(C)CCNCC1CCOC1. The van der Waals surface area contributed by atoms with Crippen molar-refractivity contribution in [2.24, 2.45) is 17.8 Å². The summed E-state index contributed by atoms with van der Waals surface area (Å²) in [5, 5.41) is 3.54. The Morgan fingerprint density at radius 3 is 2.88 bits per heavy atom. The molecule has 1 N–H and O–H groups in total. The van der Waals surface area contributed by atoms with Gasteiger partial charge in [0.15, 0.2) is 0 Å². The van der Waals surface area contributed by atoms with Crippen molar-refractivity contribution in [3.8, 4) is 0 Å². The van der Waals surface area contributed by atoms with Gasteiger partial charge in [0.1, 0.15) is 0 Å². The van der Waals surface area contributed by atoms with Crippen molar-refractivity contribution in [1.29, 1.82) is 0 Å². The van der Waals surface area contributed by atoms with E-state index in [1.807, 2.05) is 0 Å². The minimum atomic E-state index is 0.758. The van der Waals surface area contributed by atoms with Crippen LogP contribution < -0.4 is 5.32 Å². The highest BCUT2D eigenvalue weighted by molar-refractivity contribution is 4.84. The molecular weight excluding hydrogens is 200 g/mol. The molecule has 2 fully saturated rings. The number of nitrogens with zero attached hydrogens (tertiary/aromatic N) is 1. The van der Waals surface area contributed by atoms with E-state index in [1.165, 1.54) is 25.9 Å². The van der Waals surface area contributed by atoms with Crippen molar-refractivity contribution in [1.82, 2.24) is 10.2 Å². The molecule has 3 atom stereocenters. The van der Waals surface area contributed by atoms with E-state index >= 15 is 0 Å². The standard InChI is InChI=1S/C13H26N2O/c1-11-7-13(11)9-15(2)5-4-14-8-12-3-6-16-10-12/h11-14H,3-10H2,1-2H3. The van der Waals surface area contributed by atoms with Gasteiger partial charge in [-0.2, -0.15) is 0 Å². The van der Waals surface area contributed by atoms with Crippen molar-refractivity contribution >= 4 is 0 Å². The van der Waals surface area contributed by atoms with Gasteiger partial charge in [0.2, 0.25) is 0 Å². The van der Waals surface area contributed by atoms with Gasteiger partial charge in [-0.25, -0.2) is 0 Å². The fourth-order valence-corrected chi connectivity index (χ4v) is 2.47. The first-order chi connectivity index (χ1) is 7.75. The molecule has 1 heterocycles. The Morgan fingerprint density at radius 2 is 2.25 bits per heavy atom. The van der Waals surface area contributed by atoms with Crippen LogP contribution in [-0.4, -0.2) is 51.3 Å². The van der Waals surface area contributed by atoms with Crippen LogP contribution in [0.25, 0.3) is 0 Å². The third-order valence-electron chi connectivity index (χ3n) is 3.95. The maximum Gasteiger partial charge on any atom is 0.0507 e. The van der Waals surface area contributed by atoms with Crippen molar-refractivity contribution in [3.05, 3.63) is 0 Å². The molecule has 0 aromatic carbocycles. The summed E-state index contributed by atoms with van der Waals surface area (Å²) >= 11 is 0. The Balaban J connectivity index is 1.44. The molecule has 0 radical (unpaired) electrons. The topological polar surface area (TPSA) is 24.5 Å². The van der Waals surface area contributed by atoms with Gasteiger partial charge in [0, 0.05) is 32.8 Å². The molecule has 0 amide bonds. The van der Waals surface area contributed by atoms with E-state index in [4.69, 9.17) is 4.74 Å². The zero-order valence-electron chi connectivity index (χ0n) is 10.7. The molecular formula is C13H26N2O. The average molecular weight is 226 g/mol. The Bertz CT molecular complexity index is 204. The smallest absolute Gasteiger partial charge is 0.0507 e. The first-order valence-corrected chi connectivity index (χ1v) is 6.72. The molecule has 1 saturated carbocycles. The fourth-order valence-electron chi connectivity index (χ4n) is 2.47.